The van der Waals surface area contributed by atoms with Gasteiger partial charge in [0.25, 0.3) is 0 Å². The van der Waals surface area contributed by atoms with E-state index in [2.05, 4.69) is 35.9 Å². The van der Waals surface area contributed by atoms with Crippen LogP contribution in [0.15, 0.2) is 0 Å². The zero-order valence-electron chi connectivity index (χ0n) is 24.6. The van der Waals surface area contributed by atoms with E-state index >= 15 is 0 Å². The first-order chi connectivity index (χ1) is 19.3. The van der Waals surface area contributed by atoms with Gasteiger partial charge >= 0.3 is 6.09 Å². The van der Waals surface area contributed by atoms with Crippen molar-refractivity contribution >= 4 is 23.8 Å². The number of hydrogen-bond donors (Lipinski definition) is 3. The number of nitriles is 1. The van der Waals surface area contributed by atoms with Crippen molar-refractivity contribution in [1.29, 1.82) is 5.26 Å². The van der Waals surface area contributed by atoms with Crippen molar-refractivity contribution in [1.82, 2.24) is 20.9 Å². The van der Waals surface area contributed by atoms with E-state index in [4.69, 9.17) is 14.2 Å². The summed E-state index contributed by atoms with van der Waals surface area (Å²) in [4.78, 5) is 54.6. The molecular formula is C29H43N5O7. The molecule has 12 heteroatoms. The Balaban J connectivity index is 1.27. The molecule has 4 aliphatic heterocycles. The number of hydrogen-bond acceptors (Lipinski definition) is 8. The summed E-state index contributed by atoms with van der Waals surface area (Å²) in [5.41, 5.74) is -0.801. The third kappa shape index (κ3) is 5.75. The molecule has 0 unspecified atom stereocenters. The molecule has 41 heavy (non-hydrogen) atoms. The van der Waals surface area contributed by atoms with Gasteiger partial charge in [-0.05, 0) is 48.3 Å². The number of piperidine rings is 2. The topological polar surface area (TPSA) is 159 Å². The number of carbonyl (C=O) groups is 4. The number of rotatable bonds is 7. The van der Waals surface area contributed by atoms with E-state index in [1.807, 2.05) is 20.8 Å². The first-order valence-corrected chi connectivity index (χ1v) is 14.8. The van der Waals surface area contributed by atoms with E-state index in [1.54, 1.807) is 4.90 Å². The van der Waals surface area contributed by atoms with Crippen LogP contribution in [-0.2, 0) is 28.6 Å². The van der Waals surface area contributed by atoms with Crippen LogP contribution in [0, 0.1) is 45.8 Å². The van der Waals surface area contributed by atoms with Gasteiger partial charge in [-0.3, -0.25) is 14.4 Å². The summed E-state index contributed by atoms with van der Waals surface area (Å²) < 4.78 is 16.8. The van der Waals surface area contributed by atoms with Gasteiger partial charge in [0.1, 0.15) is 24.2 Å². The Morgan fingerprint density at radius 3 is 2.66 bits per heavy atom. The molecule has 0 bridgehead atoms. The van der Waals surface area contributed by atoms with Crippen LogP contribution in [0.3, 0.4) is 0 Å². The van der Waals surface area contributed by atoms with Gasteiger partial charge in [0.2, 0.25) is 17.7 Å². The Labute approximate surface area is 241 Å². The summed E-state index contributed by atoms with van der Waals surface area (Å²) >= 11 is 0. The molecule has 4 heterocycles. The average Bonchev–Trinajstić information content (AvgIpc) is 3.41. The molecule has 1 saturated carbocycles. The Hall–Kier alpha value is -2.91. The summed E-state index contributed by atoms with van der Waals surface area (Å²) in [7, 11) is 0. The number of nitrogens with zero attached hydrogens (tertiary/aromatic N) is 2. The molecule has 9 atom stereocenters. The summed E-state index contributed by atoms with van der Waals surface area (Å²) in [6.45, 7) is 11.5. The standard InChI is InChI=1S/C29H43N5O7/c1-28(2,3)22(33-27(38)41-19-14-40-26-17(19)8-10-39-26)25(37)34-13-18-20(29(18,4)5)21(34)24(36)32-16(12-30)11-15-7-6-9-31-23(15)35/h15-22,26H,6-11,13-14H2,1-5H3,(H,31,35)(H,32,36)(H,33,38)/t15-,16-,17-,18-,19-,20-,21-,22+,26+/m0/s1. The van der Waals surface area contributed by atoms with Crippen molar-refractivity contribution in [2.45, 2.75) is 90.8 Å². The second-order valence-electron chi connectivity index (χ2n) is 13.9. The van der Waals surface area contributed by atoms with Crippen LogP contribution in [0.25, 0.3) is 0 Å². The van der Waals surface area contributed by atoms with Crippen molar-refractivity contribution in [3.8, 4) is 6.07 Å². The fraction of sp³-hybridized carbons (Fsp3) is 0.828. The van der Waals surface area contributed by atoms with Crippen molar-refractivity contribution in [2.24, 2.45) is 34.5 Å². The smallest absolute Gasteiger partial charge is 0.408 e. The third-order valence-electron chi connectivity index (χ3n) is 9.77. The number of nitrogens with one attached hydrogen (secondary N) is 3. The molecule has 0 radical (unpaired) electrons. The molecular weight excluding hydrogens is 530 g/mol. The van der Waals surface area contributed by atoms with Gasteiger partial charge in [-0.1, -0.05) is 34.6 Å². The Morgan fingerprint density at radius 2 is 1.98 bits per heavy atom. The van der Waals surface area contributed by atoms with Crippen LogP contribution in [0.5, 0.6) is 0 Å². The number of alkyl carbamates (subject to hydrolysis) is 1. The van der Waals surface area contributed by atoms with Crippen molar-refractivity contribution in [2.75, 3.05) is 26.3 Å². The number of fused-ring (bicyclic) bond motifs is 2. The van der Waals surface area contributed by atoms with Gasteiger partial charge in [0.15, 0.2) is 6.29 Å². The molecule has 4 saturated heterocycles. The van der Waals surface area contributed by atoms with E-state index in [0.29, 0.717) is 26.1 Å². The predicted molar refractivity (Wildman–Crippen MR) is 145 cm³/mol. The lowest BCUT2D eigenvalue weighted by molar-refractivity contribution is -0.144. The Bertz CT molecular complexity index is 1110. The van der Waals surface area contributed by atoms with Crippen LogP contribution in [0.2, 0.25) is 0 Å². The molecule has 5 aliphatic rings. The predicted octanol–water partition coefficient (Wildman–Crippen LogP) is 1.30. The summed E-state index contributed by atoms with van der Waals surface area (Å²) in [5.74, 6) is -1.15. The van der Waals surface area contributed by atoms with Crippen LogP contribution < -0.4 is 16.0 Å². The lowest BCUT2D eigenvalue weighted by Gasteiger charge is -2.37. The number of amides is 4. The van der Waals surface area contributed by atoms with Gasteiger partial charge in [0.05, 0.1) is 25.2 Å². The Morgan fingerprint density at radius 1 is 1.22 bits per heavy atom. The Kier molecular flexibility index (Phi) is 7.98. The number of carbonyl (C=O) groups excluding carboxylic acids is 4. The van der Waals surface area contributed by atoms with Crippen molar-refractivity contribution in [3.05, 3.63) is 0 Å². The normalized spacial score (nSPS) is 34.9. The first-order valence-electron chi connectivity index (χ1n) is 14.8. The van der Waals surface area contributed by atoms with Crippen LogP contribution >= 0.6 is 0 Å². The largest absolute Gasteiger partial charge is 0.443 e. The third-order valence-corrected chi connectivity index (χ3v) is 9.77. The molecule has 0 spiro atoms. The number of ether oxygens (including phenoxy) is 3. The highest BCUT2D eigenvalue weighted by molar-refractivity contribution is 5.93. The lowest BCUT2D eigenvalue weighted by atomic mass is 9.85. The van der Waals surface area contributed by atoms with Gasteiger partial charge in [-0.25, -0.2) is 4.79 Å². The zero-order valence-corrected chi connectivity index (χ0v) is 24.6. The van der Waals surface area contributed by atoms with E-state index in [9.17, 15) is 24.4 Å². The molecule has 4 amide bonds. The van der Waals surface area contributed by atoms with Gasteiger partial charge in [-0.15, -0.1) is 0 Å². The van der Waals surface area contributed by atoms with E-state index < -0.39 is 41.6 Å². The SMILES string of the molecule is CC(C)(C)[C@H](NC(=O)O[C@H]1CO[C@H]2OCC[C@H]21)C(=O)N1C[C@H]2[C@@H]([C@H]1C(=O)N[C@H](C#N)C[C@@H]1CCCNC1=O)C2(C)C. The molecule has 226 valence electrons. The number of likely N-dealkylation sites (tertiary alicyclic amines) is 1. The summed E-state index contributed by atoms with van der Waals surface area (Å²) in [6.07, 6.45) is 0.938. The molecule has 5 fully saturated rings. The molecule has 5 rings (SSSR count). The molecule has 0 aromatic heterocycles. The second kappa shape index (κ2) is 11.1. The van der Waals surface area contributed by atoms with Crippen LogP contribution in [0.4, 0.5) is 4.79 Å². The van der Waals surface area contributed by atoms with Crippen molar-refractivity contribution < 1.29 is 33.4 Å². The van der Waals surface area contributed by atoms with Crippen molar-refractivity contribution in [3.63, 3.8) is 0 Å². The minimum atomic E-state index is -0.943. The van der Waals surface area contributed by atoms with Crippen LogP contribution in [0.1, 0.15) is 60.3 Å². The molecule has 0 aromatic carbocycles. The van der Waals surface area contributed by atoms with E-state index in [0.717, 1.165) is 12.8 Å². The minimum absolute atomic E-state index is 0.0293. The summed E-state index contributed by atoms with van der Waals surface area (Å²) in [6, 6.07) is -0.437. The fourth-order valence-corrected chi connectivity index (χ4v) is 7.21. The monoisotopic (exact) mass is 573 g/mol. The van der Waals surface area contributed by atoms with Gasteiger partial charge in [-0.2, -0.15) is 5.26 Å². The first kappa shape index (κ1) is 29.6. The zero-order chi connectivity index (χ0) is 29.7. The van der Waals surface area contributed by atoms with Gasteiger partial charge in [0, 0.05) is 19.0 Å². The maximum atomic E-state index is 14.1. The maximum Gasteiger partial charge on any atom is 0.408 e. The maximum absolute atomic E-state index is 14.1. The molecule has 3 N–H and O–H groups in total. The fourth-order valence-electron chi connectivity index (χ4n) is 7.21. The summed E-state index contributed by atoms with van der Waals surface area (Å²) in [5, 5.41) is 18.2. The average molecular weight is 574 g/mol. The van der Waals surface area contributed by atoms with E-state index in [-0.39, 0.29) is 60.2 Å². The molecule has 0 aromatic rings. The minimum Gasteiger partial charge on any atom is -0.443 e. The molecule has 12 nitrogen and oxygen atoms in total. The van der Waals surface area contributed by atoms with E-state index in [1.165, 1.54) is 0 Å². The molecule has 1 aliphatic carbocycles. The highest BCUT2D eigenvalue weighted by atomic mass is 16.7. The van der Waals surface area contributed by atoms with Gasteiger partial charge < -0.3 is 35.1 Å². The quantitative estimate of drug-likeness (QED) is 0.411. The highest BCUT2D eigenvalue weighted by Gasteiger charge is 2.70. The second-order valence-corrected chi connectivity index (χ2v) is 13.9. The lowest BCUT2D eigenvalue weighted by Crippen LogP contribution is -2.60. The van der Waals surface area contributed by atoms with Crippen LogP contribution in [-0.4, -0.2) is 85.5 Å². The highest BCUT2D eigenvalue weighted by Crippen LogP contribution is 2.65.